The number of halogens is 1. The Kier molecular flexibility index (Phi) is 11.8. The molecular formula is C32H33ClN2NaO8S2+. The predicted molar refractivity (Wildman–Crippen MR) is 172 cm³/mol. The van der Waals surface area contributed by atoms with Crippen LogP contribution < -0.4 is 43.8 Å². The predicted octanol–water partition coefficient (Wildman–Crippen LogP) is 3.18. The van der Waals surface area contributed by atoms with Crippen molar-refractivity contribution < 1.29 is 69.2 Å². The van der Waals surface area contributed by atoms with E-state index < -0.39 is 31.2 Å². The van der Waals surface area contributed by atoms with E-state index in [2.05, 4.69) is 0 Å². The fraction of sp³-hybridized carbons (Fsp3) is 0.281. The number of hydrogen-bond donors (Lipinski definition) is 1. The van der Waals surface area contributed by atoms with Crippen molar-refractivity contribution in [2.75, 3.05) is 17.2 Å². The molecule has 5 rings (SSSR count). The van der Waals surface area contributed by atoms with E-state index in [1.54, 1.807) is 23.1 Å². The first kappa shape index (κ1) is 36.2. The van der Waals surface area contributed by atoms with E-state index in [0.717, 1.165) is 22.2 Å². The van der Waals surface area contributed by atoms with Crippen LogP contribution in [-0.2, 0) is 26.8 Å². The molecule has 1 aliphatic heterocycles. The van der Waals surface area contributed by atoms with Crippen molar-refractivity contribution in [2.24, 2.45) is 0 Å². The van der Waals surface area contributed by atoms with E-state index in [4.69, 9.17) is 20.8 Å². The Hall–Kier alpha value is -2.68. The average molecular weight is 696 g/mol. The van der Waals surface area contributed by atoms with Crippen LogP contribution in [0.5, 0.6) is 5.75 Å². The quantitative estimate of drug-likeness (QED) is 0.134. The van der Waals surface area contributed by atoms with Crippen LogP contribution in [0.3, 0.4) is 0 Å². The van der Waals surface area contributed by atoms with Gasteiger partial charge in [0.1, 0.15) is 0 Å². The van der Waals surface area contributed by atoms with Gasteiger partial charge in [0.15, 0.2) is 12.3 Å². The molecule has 0 fully saturated rings. The van der Waals surface area contributed by atoms with Crippen molar-refractivity contribution in [3.05, 3.63) is 95.2 Å². The van der Waals surface area contributed by atoms with Crippen LogP contribution in [0.2, 0.25) is 5.02 Å². The summed E-state index contributed by atoms with van der Waals surface area (Å²) in [5.41, 5.74) is 4.75. The maximum atomic E-state index is 11.7. The van der Waals surface area contributed by atoms with Gasteiger partial charge in [-0.15, -0.1) is 0 Å². The van der Waals surface area contributed by atoms with E-state index in [-0.39, 0.29) is 55.5 Å². The number of nitrogens with zero attached hydrogens (tertiary/aromatic N) is 2. The Bertz CT molecular complexity index is 1990. The van der Waals surface area contributed by atoms with Gasteiger partial charge >= 0.3 is 35.4 Å². The number of oxazole rings is 1. The van der Waals surface area contributed by atoms with Crippen LogP contribution in [0.4, 0.5) is 5.69 Å². The number of hydrogen-bond acceptors (Lipinski definition) is 8. The first-order valence-electron chi connectivity index (χ1n) is 14.4. The number of aromatic nitrogens is 1. The Balaban J connectivity index is 0.00000480. The van der Waals surface area contributed by atoms with Gasteiger partial charge in [0.05, 0.1) is 32.9 Å². The minimum Gasteiger partial charge on any atom is -0.748 e. The summed E-state index contributed by atoms with van der Waals surface area (Å²) < 4.78 is 81.3. The molecule has 2 heterocycles. The molecule has 0 spiro atoms. The molecule has 3 aromatic carbocycles. The van der Waals surface area contributed by atoms with Crippen molar-refractivity contribution in [1.29, 1.82) is 0 Å². The Morgan fingerprint density at radius 1 is 1.07 bits per heavy atom. The summed E-state index contributed by atoms with van der Waals surface area (Å²) in [6, 6.07) is 20.8. The third-order valence-electron chi connectivity index (χ3n) is 7.59. The minimum atomic E-state index is -4.47. The van der Waals surface area contributed by atoms with Crippen molar-refractivity contribution in [3.63, 3.8) is 0 Å². The van der Waals surface area contributed by atoms with Gasteiger partial charge in [-0.05, 0) is 60.7 Å². The molecule has 238 valence electrons. The molecule has 0 saturated heterocycles. The first-order chi connectivity index (χ1) is 21.3. The second-order valence-corrected chi connectivity index (χ2v) is 14.6. The largest absolute Gasteiger partial charge is 1.00 e. The monoisotopic (exact) mass is 695 g/mol. The van der Waals surface area contributed by atoms with Crippen molar-refractivity contribution >= 4 is 54.7 Å². The maximum absolute atomic E-state index is 11.7. The molecule has 0 radical (unpaired) electrons. The van der Waals surface area contributed by atoms with Crippen LogP contribution in [0.25, 0.3) is 28.3 Å². The second-order valence-electron chi connectivity index (χ2n) is 10.8. The van der Waals surface area contributed by atoms with Crippen LogP contribution in [0, 0.1) is 0 Å². The molecule has 14 heteroatoms. The number of aryl methyl sites for hydroxylation is 1. The normalized spacial score (nSPS) is 15.1. The topological polar surface area (TPSA) is 141 Å². The van der Waals surface area contributed by atoms with Crippen molar-refractivity contribution in [1.82, 2.24) is 0 Å². The van der Waals surface area contributed by atoms with Crippen LogP contribution in [0.1, 0.15) is 39.0 Å². The molecule has 46 heavy (non-hydrogen) atoms. The number of ether oxygens (including phenoxy) is 1. The molecule has 1 aromatic heterocycles. The Morgan fingerprint density at radius 2 is 1.80 bits per heavy atom. The Labute approximate surface area is 296 Å². The molecule has 4 aromatic rings. The van der Waals surface area contributed by atoms with Gasteiger partial charge in [-0.1, -0.05) is 54.9 Å². The van der Waals surface area contributed by atoms with Crippen LogP contribution in [0.15, 0.2) is 88.7 Å². The van der Waals surface area contributed by atoms with E-state index in [1.165, 1.54) is 6.92 Å². The molecule has 1 N–H and O–H groups in total. The summed E-state index contributed by atoms with van der Waals surface area (Å²) in [6.07, 6.45) is 4.44. The van der Waals surface area contributed by atoms with Gasteiger partial charge in [0.25, 0.3) is 15.6 Å². The standard InChI is InChI=1S/C32H33ClN2O8S2.Na/c1-3-23(18-31-34(15-7-17-44(36,37)38)28-21-26(33)11-13-30(28)43-31)19-32-35(16-14-22(2)45(39,40)41)27-20-25(10-12-29(27)42-32)24-8-5-4-6-9-24;/h4-6,8-13,18-22H,3,7,14-17H2,1-2H3,(H-,36,37,38,39,40,41);/q;+1. The summed E-state index contributed by atoms with van der Waals surface area (Å²) in [7, 11) is -8.62. The smallest absolute Gasteiger partial charge is 0.748 e. The minimum absolute atomic E-state index is 0. The van der Waals surface area contributed by atoms with Gasteiger partial charge in [0, 0.05) is 30.1 Å². The molecule has 1 unspecified atom stereocenters. The zero-order valence-corrected chi connectivity index (χ0v) is 30.1. The van der Waals surface area contributed by atoms with E-state index >= 15 is 0 Å². The zero-order valence-electron chi connectivity index (χ0n) is 25.7. The summed E-state index contributed by atoms with van der Waals surface area (Å²) in [5, 5.41) is -0.609. The van der Waals surface area contributed by atoms with Gasteiger partial charge in [-0.25, -0.2) is 8.42 Å². The zero-order chi connectivity index (χ0) is 32.4. The van der Waals surface area contributed by atoms with Gasteiger partial charge < -0.3 is 18.6 Å². The maximum Gasteiger partial charge on any atom is 1.00 e. The number of rotatable bonds is 12. The van der Waals surface area contributed by atoms with Crippen LogP contribution >= 0.6 is 11.6 Å². The van der Waals surface area contributed by atoms with Crippen molar-refractivity contribution in [2.45, 2.75) is 44.9 Å². The molecule has 0 aliphatic carbocycles. The molecular weight excluding hydrogens is 663 g/mol. The molecule has 0 bridgehead atoms. The summed E-state index contributed by atoms with van der Waals surface area (Å²) in [6.45, 7) is 3.81. The summed E-state index contributed by atoms with van der Waals surface area (Å²) >= 11 is 6.25. The van der Waals surface area contributed by atoms with Gasteiger partial charge in [-0.3, -0.25) is 4.55 Å². The fourth-order valence-electron chi connectivity index (χ4n) is 5.08. The first-order valence-corrected chi connectivity index (χ1v) is 17.9. The van der Waals surface area contributed by atoms with Gasteiger partial charge in [0.2, 0.25) is 11.5 Å². The molecule has 1 atom stereocenters. The summed E-state index contributed by atoms with van der Waals surface area (Å²) in [5.74, 6) is 1.03. The molecule has 10 nitrogen and oxygen atoms in total. The third kappa shape index (κ3) is 8.81. The number of anilines is 1. The molecule has 0 saturated carbocycles. The number of fused-ring (bicyclic) bond motifs is 2. The molecule has 1 aliphatic rings. The van der Waals surface area contributed by atoms with Crippen molar-refractivity contribution in [3.8, 4) is 16.9 Å². The van der Waals surface area contributed by atoms with Crippen LogP contribution in [-0.4, -0.2) is 43.5 Å². The van der Waals surface area contributed by atoms with E-state index in [0.29, 0.717) is 40.2 Å². The SMILES string of the molecule is CCC(=Cc1oc2ccc(-c3ccccc3)cc2[n+]1CCC(C)S(=O)(=O)[O-])C=C1Oc2ccc(Cl)cc2N1CCCS(=O)(=O)O.[Na+]. The summed E-state index contributed by atoms with van der Waals surface area (Å²) in [4.78, 5) is 1.80. The third-order valence-corrected chi connectivity index (χ3v) is 9.85. The number of benzene rings is 3. The average Bonchev–Trinajstić information content (AvgIpc) is 3.50. The van der Waals surface area contributed by atoms with E-state index in [1.807, 2.05) is 72.2 Å². The number of allylic oxidation sites excluding steroid dienone is 2. The van der Waals surface area contributed by atoms with E-state index in [9.17, 15) is 25.9 Å². The fourth-order valence-corrected chi connectivity index (χ4v) is 6.14. The Morgan fingerprint density at radius 3 is 2.48 bits per heavy atom. The van der Waals surface area contributed by atoms with Gasteiger partial charge in [-0.2, -0.15) is 13.0 Å². The second kappa shape index (κ2) is 15.0. The molecule has 0 amide bonds.